The highest BCUT2D eigenvalue weighted by molar-refractivity contribution is 6.04. The van der Waals surface area contributed by atoms with Crippen molar-refractivity contribution in [2.45, 2.75) is 44.9 Å². The van der Waals surface area contributed by atoms with E-state index in [-0.39, 0.29) is 11.6 Å². The summed E-state index contributed by atoms with van der Waals surface area (Å²) in [4.78, 5) is 28.2. The average Bonchev–Trinajstić information content (AvgIpc) is 3.15. The van der Waals surface area contributed by atoms with E-state index in [0.29, 0.717) is 24.2 Å². The fraction of sp³-hybridized carbons (Fsp3) is 0.433. The van der Waals surface area contributed by atoms with Crippen LogP contribution in [0.25, 0.3) is 0 Å². The number of hydrogen-bond donors (Lipinski definition) is 1. The van der Waals surface area contributed by atoms with Crippen LogP contribution in [-0.2, 0) is 19.3 Å². The lowest BCUT2D eigenvalue weighted by atomic mass is 9.86. The van der Waals surface area contributed by atoms with Gasteiger partial charge in [-0.2, -0.15) is 13.2 Å². The summed E-state index contributed by atoms with van der Waals surface area (Å²) in [5.41, 5.74) is 3.45. The van der Waals surface area contributed by atoms with Crippen LogP contribution in [0.4, 0.5) is 24.5 Å². The first kappa shape index (κ1) is 28.0. The number of nitrogens with one attached hydrogen (secondary N) is 1. The Morgan fingerprint density at radius 3 is 2.60 bits per heavy atom. The number of halogens is 3. The van der Waals surface area contributed by atoms with E-state index < -0.39 is 17.6 Å². The SMILES string of the molecule is CCC1CN(c2cncnc2)Cc2cc(C(=O)Nc3cc(CN4CCCN(C)CC4)cc(C(F)(F)F)c3)ccc21. The standard InChI is InChI=1S/C30H35F3N6O/c1-3-22-18-39(27-15-34-20-35-16-27)19-24-13-23(5-6-28(22)24)29(40)36-26-12-21(11-25(14-26)30(31,32)33)17-38-8-4-7-37(2)9-10-38/h5-6,11-16,20,22H,3-4,7-10,17-19H2,1-2H3,(H,36,40). The molecule has 212 valence electrons. The Hall–Kier alpha value is -3.50. The minimum absolute atomic E-state index is 0.147. The lowest BCUT2D eigenvalue weighted by Crippen LogP contribution is -2.34. The van der Waals surface area contributed by atoms with Crippen molar-refractivity contribution in [3.63, 3.8) is 0 Å². The van der Waals surface area contributed by atoms with Gasteiger partial charge in [0, 0.05) is 49.9 Å². The molecule has 1 amide bonds. The Bertz CT molecular complexity index is 1330. The Morgan fingerprint density at radius 1 is 1.05 bits per heavy atom. The van der Waals surface area contributed by atoms with Crippen molar-refractivity contribution >= 4 is 17.3 Å². The van der Waals surface area contributed by atoms with E-state index in [1.165, 1.54) is 18.0 Å². The van der Waals surface area contributed by atoms with Crippen molar-refractivity contribution in [1.29, 1.82) is 0 Å². The maximum absolute atomic E-state index is 13.8. The predicted molar refractivity (Wildman–Crippen MR) is 149 cm³/mol. The molecule has 7 nitrogen and oxygen atoms in total. The molecule has 10 heteroatoms. The summed E-state index contributed by atoms with van der Waals surface area (Å²) in [6, 6.07) is 9.46. The summed E-state index contributed by atoms with van der Waals surface area (Å²) in [6.07, 6.45) is 2.42. The third kappa shape index (κ3) is 6.62. The molecule has 1 atom stereocenters. The first-order valence-corrected chi connectivity index (χ1v) is 13.8. The zero-order chi connectivity index (χ0) is 28.3. The highest BCUT2D eigenvalue weighted by Crippen LogP contribution is 2.35. The van der Waals surface area contributed by atoms with E-state index in [9.17, 15) is 18.0 Å². The summed E-state index contributed by atoms with van der Waals surface area (Å²) < 4.78 is 41.4. The molecule has 0 aliphatic carbocycles. The van der Waals surface area contributed by atoms with Crippen molar-refractivity contribution in [1.82, 2.24) is 19.8 Å². The Morgan fingerprint density at radius 2 is 1.85 bits per heavy atom. The molecule has 2 aliphatic rings. The minimum atomic E-state index is -4.51. The molecular weight excluding hydrogens is 517 g/mol. The molecule has 1 N–H and O–H groups in total. The summed E-state index contributed by atoms with van der Waals surface area (Å²) in [6.45, 7) is 7.40. The smallest absolute Gasteiger partial charge is 0.364 e. The van der Waals surface area contributed by atoms with Crippen LogP contribution in [0.5, 0.6) is 0 Å². The summed E-state index contributed by atoms with van der Waals surface area (Å²) in [5.74, 6) is -0.149. The largest absolute Gasteiger partial charge is 0.416 e. The average molecular weight is 553 g/mol. The van der Waals surface area contributed by atoms with Gasteiger partial charge in [0.2, 0.25) is 0 Å². The lowest BCUT2D eigenvalue weighted by molar-refractivity contribution is -0.137. The molecule has 5 rings (SSSR count). The number of hydrogen-bond acceptors (Lipinski definition) is 6. The zero-order valence-electron chi connectivity index (χ0n) is 22.9. The Balaban J connectivity index is 1.37. The molecular formula is C30H35F3N6O. The molecule has 1 unspecified atom stereocenters. The number of rotatable bonds is 6. The van der Waals surface area contributed by atoms with Crippen LogP contribution in [0.2, 0.25) is 0 Å². The van der Waals surface area contributed by atoms with Gasteiger partial charge in [0.25, 0.3) is 5.91 Å². The van der Waals surface area contributed by atoms with E-state index >= 15 is 0 Å². The Kier molecular flexibility index (Phi) is 8.37. The van der Waals surface area contributed by atoms with Crippen LogP contribution < -0.4 is 10.2 Å². The monoisotopic (exact) mass is 552 g/mol. The summed E-state index contributed by atoms with van der Waals surface area (Å²) in [7, 11) is 2.05. The first-order valence-electron chi connectivity index (χ1n) is 13.8. The van der Waals surface area contributed by atoms with Gasteiger partial charge in [-0.05, 0) is 80.0 Å². The van der Waals surface area contributed by atoms with Crippen LogP contribution >= 0.6 is 0 Å². The van der Waals surface area contributed by atoms with Gasteiger partial charge in [-0.3, -0.25) is 9.69 Å². The van der Waals surface area contributed by atoms with Gasteiger partial charge in [-0.25, -0.2) is 9.97 Å². The van der Waals surface area contributed by atoms with E-state index in [1.54, 1.807) is 24.5 Å². The predicted octanol–water partition coefficient (Wildman–Crippen LogP) is 5.40. The van der Waals surface area contributed by atoms with E-state index in [4.69, 9.17) is 0 Å². The van der Waals surface area contributed by atoms with E-state index in [1.807, 2.05) is 12.1 Å². The van der Waals surface area contributed by atoms with Crippen LogP contribution in [0.1, 0.15) is 58.3 Å². The number of alkyl halides is 3. The second-order valence-corrected chi connectivity index (χ2v) is 10.8. The Labute approximate surface area is 233 Å². The number of carbonyl (C=O) groups excluding carboxylic acids is 1. The van der Waals surface area contributed by atoms with E-state index in [0.717, 1.165) is 62.9 Å². The summed E-state index contributed by atoms with van der Waals surface area (Å²) in [5, 5.41) is 2.74. The van der Waals surface area contributed by atoms with Gasteiger partial charge in [-0.1, -0.05) is 13.0 Å². The number of likely N-dealkylation sites (N-methyl/N-ethyl adjacent to an activating group) is 1. The number of anilines is 2. The summed E-state index contributed by atoms with van der Waals surface area (Å²) >= 11 is 0. The molecule has 3 aromatic rings. The maximum Gasteiger partial charge on any atom is 0.416 e. The maximum atomic E-state index is 13.8. The highest BCUT2D eigenvalue weighted by atomic mass is 19.4. The number of fused-ring (bicyclic) bond motifs is 1. The molecule has 0 bridgehead atoms. The van der Waals surface area contributed by atoms with Crippen molar-refractivity contribution in [3.8, 4) is 0 Å². The number of nitrogens with zero attached hydrogens (tertiary/aromatic N) is 5. The quantitative estimate of drug-likeness (QED) is 0.442. The topological polar surface area (TPSA) is 64.6 Å². The second-order valence-electron chi connectivity index (χ2n) is 10.8. The number of aromatic nitrogens is 2. The number of amides is 1. The number of benzene rings is 2. The minimum Gasteiger partial charge on any atom is -0.364 e. The molecule has 0 radical (unpaired) electrons. The molecule has 40 heavy (non-hydrogen) atoms. The highest BCUT2D eigenvalue weighted by Gasteiger charge is 2.32. The third-order valence-electron chi connectivity index (χ3n) is 7.85. The fourth-order valence-corrected chi connectivity index (χ4v) is 5.66. The van der Waals surface area contributed by atoms with Crippen molar-refractivity contribution in [2.75, 3.05) is 50.0 Å². The molecule has 2 aliphatic heterocycles. The van der Waals surface area contributed by atoms with Gasteiger partial charge in [0.1, 0.15) is 6.33 Å². The fourth-order valence-electron chi connectivity index (χ4n) is 5.66. The molecule has 0 spiro atoms. The van der Waals surface area contributed by atoms with E-state index in [2.05, 4.69) is 44.0 Å². The van der Waals surface area contributed by atoms with Gasteiger partial charge >= 0.3 is 6.18 Å². The molecule has 1 aromatic heterocycles. The van der Waals surface area contributed by atoms with Crippen molar-refractivity contribution in [3.05, 3.63) is 82.9 Å². The van der Waals surface area contributed by atoms with Gasteiger partial charge in [0.15, 0.2) is 0 Å². The zero-order valence-corrected chi connectivity index (χ0v) is 22.9. The normalized spacial score (nSPS) is 18.7. The molecule has 3 heterocycles. The molecule has 2 aromatic carbocycles. The van der Waals surface area contributed by atoms with Crippen LogP contribution in [-0.4, -0.2) is 65.4 Å². The van der Waals surface area contributed by atoms with Crippen LogP contribution in [0, 0.1) is 0 Å². The van der Waals surface area contributed by atoms with Crippen LogP contribution in [0.3, 0.4) is 0 Å². The lowest BCUT2D eigenvalue weighted by Gasteiger charge is -2.35. The van der Waals surface area contributed by atoms with Gasteiger partial charge < -0.3 is 15.1 Å². The van der Waals surface area contributed by atoms with Crippen LogP contribution in [0.15, 0.2) is 55.1 Å². The van der Waals surface area contributed by atoms with Crippen molar-refractivity contribution < 1.29 is 18.0 Å². The molecule has 1 saturated heterocycles. The van der Waals surface area contributed by atoms with Gasteiger partial charge in [0.05, 0.1) is 23.6 Å². The van der Waals surface area contributed by atoms with Crippen molar-refractivity contribution in [2.24, 2.45) is 0 Å². The first-order chi connectivity index (χ1) is 19.2. The molecule has 1 fully saturated rings. The number of carbonyl (C=O) groups is 1. The second kappa shape index (κ2) is 11.9. The van der Waals surface area contributed by atoms with Gasteiger partial charge in [-0.15, -0.1) is 0 Å². The third-order valence-corrected chi connectivity index (χ3v) is 7.85. The molecule has 0 saturated carbocycles.